The summed E-state index contributed by atoms with van der Waals surface area (Å²) in [6, 6.07) is 6.16. The Kier molecular flexibility index (Phi) is 4.71. The molecule has 3 aliphatic rings. The first kappa shape index (κ1) is 17.5. The van der Waals surface area contributed by atoms with Gasteiger partial charge in [0.2, 0.25) is 5.91 Å². The first-order chi connectivity index (χ1) is 12.5. The molecule has 1 aliphatic carbocycles. The molecular formula is C20H27N3O3. The molecule has 2 amide bonds. The molecular weight excluding hydrogens is 330 g/mol. The van der Waals surface area contributed by atoms with Crippen molar-refractivity contribution < 1.29 is 14.7 Å². The number of hydrogen-bond donors (Lipinski definition) is 2. The average Bonchev–Trinajstić information content (AvgIpc) is 2.99. The summed E-state index contributed by atoms with van der Waals surface area (Å²) in [5, 5.41) is 9.69. The van der Waals surface area contributed by atoms with Crippen LogP contribution in [0.4, 0.5) is 0 Å². The Bertz CT molecular complexity index is 704. The van der Waals surface area contributed by atoms with Gasteiger partial charge in [0.05, 0.1) is 17.2 Å². The number of amides is 2. The second kappa shape index (κ2) is 7.00. The number of benzene rings is 1. The minimum Gasteiger partial charge on any atom is -0.393 e. The van der Waals surface area contributed by atoms with Crippen LogP contribution in [0.3, 0.4) is 0 Å². The number of fused-ring (bicyclic) bond motifs is 1. The van der Waals surface area contributed by atoms with Crippen molar-refractivity contribution in [3.63, 3.8) is 0 Å². The fourth-order valence-electron chi connectivity index (χ4n) is 4.87. The first-order valence-corrected chi connectivity index (χ1v) is 9.69. The van der Waals surface area contributed by atoms with Gasteiger partial charge in [0.1, 0.15) is 0 Å². The fourth-order valence-corrected chi connectivity index (χ4v) is 4.87. The van der Waals surface area contributed by atoms with E-state index >= 15 is 0 Å². The highest BCUT2D eigenvalue weighted by molar-refractivity contribution is 6.09. The van der Waals surface area contributed by atoms with Gasteiger partial charge in [-0.3, -0.25) is 9.59 Å². The lowest BCUT2D eigenvalue weighted by Gasteiger charge is -2.42. The van der Waals surface area contributed by atoms with Gasteiger partial charge in [-0.1, -0.05) is 12.1 Å². The Labute approximate surface area is 153 Å². The van der Waals surface area contributed by atoms with Crippen LogP contribution >= 0.6 is 0 Å². The summed E-state index contributed by atoms with van der Waals surface area (Å²) >= 11 is 0. The highest BCUT2D eigenvalue weighted by atomic mass is 16.3. The van der Waals surface area contributed by atoms with Gasteiger partial charge in [0.25, 0.3) is 5.91 Å². The van der Waals surface area contributed by atoms with Crippen molar-refractivity contribution in [2.45, 2.75) is 63.3 Å². The Hall–Kier alpha value is -1.92. The largest absolute Gasteiger partial charge is 0.393 e. The smallest absolute Gasteiger partial charge is 0.255 e. The highest BCUT2D eigenvalue weighted by Crippen LogP contribution is 2.32. The SMILES string of the molecule is NC(=O)c1cccc2c1C(=O)N(C1CCN([C@H]3CC[C@H](O)CC3)CC1)C2. The molecule has 26 heavy (non-hydrogen) atoms. The number of primary amides is 1. The van der Waals surface area contributed by atoms with E-state index in [0.717, 1.165) is 57.2 Å². The second-order valence-corrected chi connectivity index (χ2v) is 7.87. The molecule has 4 rings (SSSR count). The number of carbonyl (C=O) groups excluding carboxylic acids is 2. The van der Waals surface area contributed by atoms with E-state index in [1.54, 1.807) is 12.1 Å². The molecule has 2 heterocycles. The number of carbonyl (C=O) groups is 2. The minimum atomic E-state index is -0.536. The van der Waals surface area contributed by atoms with E-state index in [2.05, 4.69) is 4.90 Å². The van der Waals surface area contributed by atoms with Crippen molar-refractivity contribution in [1.29, 1.82) is 0 Å². The highest BCUT2D eigenvalue weighted by Gasteiger charge is 2.37. The summed E-state index contributed by atoms with van der Waals surface area (Å²) in [5.41, 5.74) is 7.21. The zero-order valence-electron chi connectivity index (χ0n) is 15.1. The second-order valence-electron chi connectivity index (χ2n) is 7.87. The molecule has 1 saturated heterocycles. The lowest BCUT2D eigenvalue weighted by molar-refractivity contribution is 0.0371. The number of piperidine rings is 1. The summed E-state index contributed by atoms with van der Waals surface area (Å²) in [7, 11) is 0. The van der Waals surface area contributed by atoms with Crippen LogP contribution in [0.15, 0.2) is 18.2 Å². The van der Waals surface area contributed by atoms with Crippen LogP contribution in [0.25, 0.3) is 0 Å². The molecule has 2 aliphatic heterocycles. The molecule has 6 heteroatoms. The quantitative estimate of drug-likeness (QED) is 0.858. The average molecular weight is 357 g/mol. The molecule has 6 nitrogen and oxygen atoms in total. The molecule has 1 saturated carbocycles. The van der Waals surface area contributed by atoms with Crippen molar-refractivity contribution in [1.82, 2.24) is 9.80 Å². The maximum atomic E-state index is 12.9. The number of rotatable bonds is 3. The summed E-state index contributed by atoms with van der Waals surface area (Å²) in [4.78, 5) is 29.0. The van der Waals surface area contributed by atoms with Crippen LogP contribution in [0.2, 0.25) is 0 Å². The number of nitrogens with two attached hydrogens (primary N) is 1. The molecule has 0 bridgehead atoms. The van der Waals surface area contributed by atoms with Crippen LogP contribution in [0.5, 0.6) is 0 Å². The van der Waals surface area contributed by atoms with Gasteiger partial charge in [-0.2, -0.15) is 0 Å². The Morgan fingerprint density at radius 1 is 1.04 bits per heavy atom. The Morgan fingerprint density at radius 3 is 2.38 bits per heavy atom. The number of likely N-dealkylation sites (tertiary alicyclic amines) is 1. The zero-order valence-corrected chi connectivity index (χ0v) is 15.1. The molecule has 1 aromatic carbocycles. The standard InChI is InChI=1S/C20H27N3O3/c21-19(25)17-3-1-2-13-12-23(20(26)18(13)17)15-8-10-22(11-9-15)14-4-6-16(24)7-5-14/h1-3,14-16,24H,4-12H2,(H2,21,25)/t14-,16-. The minimum absolute atomic E-state index is 0.0476. The first-order valence-electron chi connectivity index (χ1n) is 9.69. The van der Waals surface area contributed by atoms with E-state index in [4.69, 9.17) is 5.73 Å². The van der Waals surface area contributed by atoms with Crippen LogP contribution in [0, 0.1) is 0 Å². The number of nitrogens with zero attached hydrogens (tertiary/aromatic N) is 2. The summed E-state index contributed by atoms with van der Waals surface area (Å²) in [6.07, 6.45) is 5.75. The van der Waals surface area contributed by atoms with Crippen LogP contribution in [-0.2, 0) is 6.54 Å². The molecule has 3 N–H and O–H groups in total. The Morgan fingerprint density at radius 2 is 1.73 bits per heavy atom. The maximum Gasteiger partial charge on any atom is 0.255 e. The van der Waals surface area contributed by atoms with Crippen molar-refractivity contribution in [2.24, 2.45) is 5.73 Å². The third kappa shape index (κ3) is 3.12. The summed E-state index contributed by atoms with van der Waals surface area (Å²) < 4.78 is 0. The lowest BCUT2D eigenvalue weighted by Crippen LogP contribution is -2.49. The van der Waals surface area contributed by atoms with Crippen molar-refractivity contribution in [3.8, 4) is 0 Å². The van der Waals surface area contributed by atoms with Gasteiger partial charge < -0.3 is 20.6 Å². The predicted octanol–water partition coefficient (Wildman–Crippen LogP) is 1.51. The van der Waals surface area contributed by atoms with E-state index < -0.39 is 5.91 Å². The number of aliphatic hydroxyl groups is 1. The van der Waals surface area contributed by atoms with E-state index in [1.807, 2.05) is 11.0 Å². The molecule has 140 valence electrons. The van der Waals surface area contributed by atoms with Gasteiger partial charge in [-0.15, -0.1) is 0 Å². The third-order valence-electron chi connectivity index (χ3n) is 6.35. The number of aliphatic hydroxyl groups excluding tert-OH is 1. The Balaban J connectivity index is 1.40. The molecule has 0 aromatic heterocycles. The number of hydrogen-bond acceptors (Lipinski definition) is 4. The van der Waals surface area contributed by atoms with Crippen LogP contribution in [0.1, 0.15) is 64.8 Å². The molecule has 0 radical (unpaired) electrons. The van der Waals surface area contributed by atoms with Crippen molar-refractivity contribution >= 4 is 11.8 Å². The molecule has 0 spiro atoms. The topological polar surface area (TPSA) is 86.9 Å². The van der Waals surface area contributed by atoms with Crippen LogP contribution < -0.4 is 5.73 Å². The van der Waals surface area contributed by atoms with Gasteiger partial charge in [0, 0.05) is 31.7 Å². The van der Waals surface area contributed by atoms with Crippen LogP contribution in [-0.4, -0.2) is 58.0 Å². The van der Waals surface area contributed by atoms with Gasteiger partial charge in [-0.25, -0.2) is 0 Å². The third-order valence-corrected chi connectivity index (χ3v) is 6.35. The van der Waals surface area contributed by atoms with E-state index in [-0.39, 0.29) is 18.1 Å². The molecule has 0 atom stereocenters. The fraction of sp³-hybridized carbons (Fsp3) is 0.600. The van der Waals surface area contributed by atoms with Gasteiger partial charge >= 0.3 is 0 Å². The monoisotopic (exact) mass is 357 g/mol. The van der Waals surface area contributed by atoms with Gasteiger partial charge in [-0.05, 0) is 50.2 Å². The molecule has 2 fully saturated rings. The van der Waals surface area contributed by atoms with Crippen molar-refractivity contribution in [2.75, 3.05) is 13.1 Å². The zero-order chi connectivity index (χ0) is 18.3. The predicted molar refractivity (Wildman–Crippen MR) is 97.7 cm³/mol. The summed E-state index contributed by atoms with van der Waals surface area (Å²) in [5.74, 6) is -0.583. The lowest BCUT2D eigenvalue weighted by atomic mass is 9.90. The summed E-state index contributed by atoms with van der Waals surface area (Å²) in [6.45, 7) is 2.57. The van der Waals surface area contributed by atoms with E-state index in [0.29, 0.717) is 23.7 Å². The molecule has 1 aromatic rings. The van der Waals surface area contributed by atoms with Crippen molar-refractivity contribution in [3.05, 3.63) is 34.9 Å². The molecule has 0 unspecified atom stereocenters. The maximum absolute atomic E-state index is 12.9. The van der Waals surface area contributed by atoms with E-state index in [9.17, 15) is 14.7 Å². The van der Waals surface area contributed by atoms with E-state index in [1.165, 1.54) is 0 Å². The normalized spacial score (nSPS) is 27.6. The van der Waals surface area contributed by atoms with Gasteiger partial charge in [0.15, 0.2) is 0 Å².